The third-order valence-electron chi connectivity index (χ3n) is 4.52. The fourth-order valence-electron chi connectivity index (χ4n) is 3.35. The van der Waals surface area contributed by atoms with E-state index in [9.17, 15) is 4.79 Å². The second-order valence-corrected chi connectivity index (χ2v) is 5.64. The van der Waals surface area contributed by atoms with Crippen molar-refractivity contribution in [1.29, 1.82) is 0 Å². The molecule has 2 aliphatic rings. The number of benzene rings is 1. The van der Waals surface area contributed by atoms with E-state index in [-0.39, 0.29) is 18.0 Å². The molecule has 4 nitrogen and oxygen atoms in total. The molecule has 3 rings (SSSR count). The van der Waals surface area contributed by atoms with Crippen LogP contribution in [0.1, 0.15) is 22.7 Å². The summed E-state index contributed by atoms with van der Waals surface area (Å²) in [5.41, 5.74) is 3.75. The average Bonchev–Trinajstić information content (AvgIpc) is 2.38. The smallest absolute Gasteiger partial charge is 0.240 e. The molecule has 19 heavy (non-hydrogen) atoms. The summed E-state index contributed by atoms with van der Waals surface area (Å²) in [6.45, 7) is 2.81. The van der Waals surface area contributed by atoms with E-state index in [0.717, 1.165) is 24.3 Å². The van der Waals surface area contributed by atoms with Gasteiger partial charge in [-0.05, 0) is 43.1 Å². The number of ether oxygens (including phenoxy) is 1. The van der Waals surface area contributed by atoms with E-state index in [0.29, 0.717) is 0 Å². The van der Waals surface area contributed by atoms with Crippen molar-refractivity contribution in [2.24, 2.45) is 0 Å². The van der Waals surface area contributed by atoms with Crippen molar-refractivity contribution in [1.82, 2.24) is 9.80 Å². The van der Waals surface area contributed by atoms with Crippen molar-refractivity contribution in [2.75, 3.05) is 27.7 Å². The van der Waals surface area contributed by atoms with Crippen LogP contribution in [0.2, 0.25) is 0 Å². The van der Waals surface area contributed by atoms with Gasteiger partial charge in [0.1, 0.15) is 5.75 Å². The summed E-state index contributed by atoms with van der Waals surface area (Å²) in [5.74, 6) is 1.17. The SMILES string of the molecule is COc1cc2c(cc1C)C[C@H]1C(=O)N(C)C[C@@H]2N1C. The number of carbonyl (C=O) groups is 1. The second-order valence-electron chi connectivity index (χ2n) is 5.64. The molecule has 2 aliphatic heterocycles. The third kappa shape index (κ3) is 1.74. The van der Waals surface area contributed by atoms with Crippen LogP contribution in [-0.2, 0) is 11.2 Å². The van der Waals surface area contributed by atoms with Crippen LogP contribution in [0, 0.1) is 6.92 Å². The third-order valence-corrected chi connectivity index (χ3v) is 4.52. The lowest BCUT2D eigenvalue weighted by Gasteiger charge is -2.47. The highest BCUT2D eigenvalue weighted by Gasteiger charge is 2.42. The molecule has 102 valence electrons. The fourth-order valence-corrected chi connectivity index (χ4v) is 3.35. The molecule has 1 saturated heterocycles. The molecule has 0 aromatic heterocycles. The van der Waals surface area contributed by atoms with Crippen molar-refractivity contribution in [3.05, 3.63) is 28.8 Å². The number of aryl methyl sites for hydroxylation is 1. The number of fused-ring (bicyclic) bond motifs is 4. The summed E-state index contributed by atoms with van der Waals surface area (Å²) in [4.78, 5) is 16.3. The molecule has 4 heteroatoms. The summed E-state index contributed by atoms with van der Waals surface area (Å²) in [6.07, 6.45) is 0.802. The van der Waals surface area contributed by atoms with Gasteiger partial charge in [0.25, 0.3) is 0 Å². The number of amides is 1. The number of hydrogen-bond acceptors (Lipinski definition) is 3. The van der Waals surface area contributed by atoms with Gasteiger partial charge >= 0.3 is 0 Å². The van der Waals surface area contributed by atoms with Gasteiger partial charge in [0.2, 0.25) is 5.91 Å². The van der Waals surface area contributed by atoms with Gasteiger partial charge < -0.3 is 9.64 Å². The van der Waals surface area contributed by atoms with Gasteiger partial charge in [0, 0.05) is 13.6 Å². The van der Waals surface area contributed by atoms with Gasteiger partial charge in [-0.2, -0.15) is 0 Å². The maximum atomic E-state index is 12.2. The monoisotopic (exact) mass is 260 g/mol. The summed E-state index contributed by atoms with van der Waals surface area (Å²) in [5, 5.41) is 0. The zero-order valence-electron chi connectivity index (χ0n) is 11.9. The second kappa shape index (κ2) is 4.23. The first kappa shape index (κ1) is 12.5. The predicted molar refractivity (Wildman–Crippen MR) is 73.4 cm³/mol. The van der Waals surface area contributed by atoms with Crippen LogP contribution in [0.15, 0.2) is 12.1 Å². The van der Waals surface area contributed by atoms with Crippen molar-refractivity contribution in [3.63, 3.8) is 0 Å². The molecule has 0 radical (unpaired) electrons. The maximum absolute atomic E-state index is 12.2. The number of piperazine rings is 1. The van der Waals surface area contributed by atoms with Crippen molar-refractivity contribution in [3.8, 4) is 5.75 Å². The van der Waals surface area contributed by atoms with Crippen LogP contribution < -0.4 is 4.74 Å². The molecule has 2 heterocycles. The van der Waals surface area contributed by atoms with E-state index in [1.54, 1.807) is 7.11 Å². The van der Waals surface area contributed by atoms with Gasteiger partial charge in [-0.15, -0.1) is 0 Å². The number of carbonyl (C=O) groups excluding carboxylic acids is 1. The molecular formula is C15H20N2O2. The quantitative estimate of drug-likeness (QED) is 0.764. The van der Waals surface area contributed by atoms with Crippen LogP contribution in [0.25, 0.3) is 0 Å². The highest BCUT2D eigenvalue weighted by Crippen LogP contribution is 2.39. The molecule has 0 saturated carbocycles. The molecule has 1 amide bonds. The minimum Gasteiger partial charge on any atom is -0.496 e. The number of likely N-dealkylation sites (N-methyl/N-ethyl adjacent to an activating group) is 2. The number of nitrogens with zero attached hydrogens (tertiary/aromatic N) is 2. The molecule has 2 bridgehead atoms. The number of hydrogen-bond donors (Lipinski definition) is 0. The van der Waals surface area contributed by atoms with Crippen LogP contribution >= 0.6 is 0 Å². The minimum atomic E-state index is -0.0101. The molecule has 1 fully saturated rings. The Balaban J connectivity index is 2.11. The van der Waals surface area contributed by atoms with Gasteiger partial charge in [0.05, 0.1) is 19.2 Å². The topological polar surface area (TPSA) is 32.8 Å². The lowest BCUT2D eigenvalue weighted by Crippen LogP contribution is -2.58. The summed E-state index contributed by atoms with van der Waals surface area (Å²) < 4.78 is 5.43. The van der Waals surface area contributed by atoms with E-state index in [1.165, 1.54) is 11.1 Å². The Kier molecular flexibility index (Phi) is 2.78. The first-order valence-corrected chi connectivity index (χ1v) is 6.67. The van der Waals surface area contributed by atoms with Gasteiger partial charge in [0.15, 0.2) is 0 Å². The van der Waals surface area contributed by atoms with E-state index >= 15 is 0 Å². The molecule has 0 spiro atoms. The van der Waals surface area contributed by atoms with E-state index in [1.807, 2.05) is 11.9 Å². The molecule has 0 unspecified atom stereocenters. The van der Waals surface area contributed by atoms with Gasteiger partial charge in [-0.1, -0.05) is 6.07 Å². The van der Waals surface area contributed by atoms with E-state index < -0.39 is 0 Å². The molecule has 2 atom stereocenters. The summed E-state index contributed by atoms with van der Waals surface area (Å²) >= 11 is 0. The van der Waals surface area contributed by atoms with Gasteiger partial charge in [-0.3, -0.25) is 9.69 Å². The standard InChI is InChI=1S/C15H20N2O2/c1-9-5-10-6-12-15(18)16(2)8-13(17(12)3)11(10)7-14(9)19-4/h5,7,12-13H,6,8H2,1-4H3/t12-,13-/m0/s1. The average molecular weight is 260 g/mol. The zero-order valence-corrected chi connectivity index (χ0v) is 11.9. The Hall–Kier alpha value is -1.55. The van der Waals surface area contributed by atoms with Crippen molar-refractivity contribution < 1.29 is 9.53 Å². The van der Waals surface area contributed by atoms with Crippen LogP contribution in [0.3, 0.4) is 0 Å². The van der Waals surface area contributed by atoms with E-state index in [2.05, 4.69) is 31.0 Å². The van der Waals surface area contributed by atoms with Crippen LogP contribution in [0.5, 0.6) is 5.75 Å². The summed E-state index contributed by atoms with van der Waals surface area (Å²) in [6, 6.07) is 4.60. The largest absolute Gasteiger partial charge is 0.496 e. The molecule has 0 N–H and O–H groups in total. The fraction of sp³-hybridized carbons (Fsp3) is 0.533. The normalized spacial score (nSPS) is 26.3. The summed E-state index contributed by atoms with van der Waals surface area (Å²) in [7, 11) is 5.65. The highest BCUT2D eigenvalue weighted by atomic mass is 16.5. The molecule has 0 aliphatic carbocycles. The Morgan fingerprint density at radius 3 is 2.68 bits per heavy atom. The highest BCUT2D eigenvalue weighted by molar-refractivity contribution is 5.83. The predicted octanol–water partition coefficient (Wildman–Crippen LogP) is 1.37. The number of methoxy groups -OCH3 is 1. The Bertz CT molecular complexity index is 541. The minimum absolute atomic E-state index is 0.0101. The maximum Gasteiger partial charge on any atom is 0.240 e. The first-order chi connectivity index (χ1) is 9.02. The molecular weight excluding hydrogens is 240 g/mol. The van der Waals surface area contributed by atoms with Crippen molar-refractivity contribution >= 4 is 5.91 Å². The Morgan fingerprint density at radius 1 is 1.26 bits per heavy atom. The first-order valence-electron chi connectivity index (χ1n) is 6.67. The molecule has 1 aromatic carbocycles. The van der Waals surface area contributed by atoms with Gasteiger partial charge in [-0.25, -0.2) is 0 Å². The lowest BCUT2D eigenvalue weighted by molar-refractivity contribution is -0.143. The Labute approximate surface area is 113 Å². The van der Waals surface area contributed by atoms with Crippen LogP contribution in [0.4, 0.5) is 0 Å². The van der Waals surface area contributed by atoms with Crippen molar-refractivity contribution in [2.45, 2.75) is 25.4 Å². The van der Waals surface area contributed by atoms with E-state index in [4.69, 9.17) is 4.74 Å². The van der Waals surface area contributed by atoms with Crippen LogP contribution in [-0.4, -0.2) is 49.5 Å². The molecule has 1 aromatic rings. The Morgan fingerprint density at radius 2 is 2.00 bits per heavy atom. The lowest BCUT2D eigenvalue weighted by atomic mass is 9.84. The zero-order chi connectivity index (χ0) is 13.7. The number of rotatable bonds is 1.